The van der Waals surface area contributed by atoms with Gasteiger partial charge in [-0.25, -0.2) is 0 Å². The normalized spacial score (nSPS) is 23.4. The first-order valence-electron chi connectivity index (χ1n) is 6.11. The van der Waals surface area contributed by atoms with Crippen LogP contribution in [-0.2, 0) is 4.74 Å². The molecule has 3 nitrogen and oxygen atoms in total. The Morgan fingerprint density at radius 1 is 1.47 bits per heavy atom. The molecule has 17 heavy (non-hydrogen) atoms. The Morgan fingerprint density at radius 3 is 2.94 bits per heavy atom. The molecule has 0 amide bonds. The number of nitrogens with one attached hydrogen (secondary N) is 1. The van der Waals surface area contributed by atoms with E-state index in [0.717, 1.165) is 18.9 Å². The Labute approximate surface area is 103 Å². The third kappa shape index (κ3) is 3.72. The van der Waals surface area contributed by atoms with Gasteiger partial charge in [-0.1, -0.05) is 12.1 Å². The van der Waals surface area contributed by atoms with Crippen molar-refractivity contribution in [2.24, 2.45) is 0 Å². The van der Waals surface area contributed by atoms with E-state index in [9.17, 15) is 0 Å². The summed E-state index contributed by atoms with van der Waals surface area (Å²) in [5.41, 5.74) is 1.30. The first-order valence-corrected chi connectivity index (χ1v) is 6.11. The number of hydrogen-bond donors (Lipinski definition) is 1. The number of hydrogen-bond acceptors (Lipinski definition) is 3. The van der Waals surface area contributed by atoms with Crippen molar-refractivity contribution >= 4 is 0 Å². The van der Waals surface area contributed by atoms with Crippen molar-refractivity contribution in [2.75, 3.05) is 19.8 Å². The SMILES string of the molecule is Cc1cccc(OCC2CNC(C)(C)CO2)c1. The van der Waals surface area contributed by atoms with Crippen LogP contribution in [-0.4, -0.2) is 31.4 Å². The Bertz CT molecular complexity index is 366. The van der Waals surface area contributed by atoms with E-state index in [1.54, 1.807) is 0 Å². The lowest BCUT2D eigenvalue weighted by molar-refractivity contribution is -0.0412. The van der Waals surface area contributed by atoms with E-state index < -0.39 is 0 Å². The fourth-order valence-electron chi connectivity index (χ4n) is 1.83. The van der Waals surface area contributed by atoms with Crippen LogP contribution in [0.25, 0.3) is 0 Å². The summed E-state index contributed by atoms with van der Waals surface area (Å²) in [6.07, 6.45) is 0.142. The van der Waals surface area contributed by atoms with Crippen molar-refractivity contribution in [1.82, 2.24) is 5.32 Å². The van der Waals surface area contributed by atoms with Crippen LogP contribution < -0.4 is 10.1 Å². The lowest BCUT2D eigenvalue weighted by Gasteiger charge is -2.35. The van der Waals surface area contributed by atoms with Gasteiger partial charge in [0.1, 0.15) is 18.5 Å². The third-order valence-corrected chi connectivity index (χ3v) is 2.91. The van der Waals surface area contributed by atoms with Crippen LogP contribution in [0.2, 0.25) is 0 Å². The van der Waals surface area contributed by atoms with Crippen molar-refractivity contribution in [1.29, 1.82) is 0 Å². The van der Waals surface area contributed by atoms with Gasteiger partial charge >= 0.3 is 0 Å². The van der Waals surface area contributed by atoms with Gasteiger partial charge in [0, 0.05) is 12.1 Å². The third-order valence-electron chi connectivity index (χ3n) is 2.91. The number of rotatable bonds is 3. The average molecular weight is 235 g/mol. The van der Waals surface area contributed by atoms with Crippen LogP contribution in [0.15, 0.2) is 24.3 Å². The van der Waals surface area contributed by atoms with Crippen LogP contribution in [0, 0.1) is 6.92 Å². The zero-order valence-corrected chi connectivity index (χ0v) is 10.8. The minimum absolute atomic E-state index is 0.0832. The molecule has 0 radical (unpaired) electrons. The molecule has 1 aromatic rings. The minimum atomic E-state index is 0.0832. The van der Waals surface area contributed by atoms with Crippen LogP contribution in [0.4, 0.5) is 0 Å². The summed E-state index contributed by atoms with van der Waals surface area (Å²) in [7, 11) is 0. The maximum atomic E-state index is 5.76. The largest absolute Gasteiger partial charge is 0.491 e. The lowest BCUT2D eigenvalue weighted by Crippen LogP contribution is -2.54. The van der Waals surface area contributed by atoms with Gasteiger partial charge in [0.05, 0.1) is 6.61 Å². The summed E-state index contributed by atoms with van der Waals surface area (Å²) >= 11 is 0. The highest BCUT2D eigenvalue weighted by Gasteiger charge is 2.26. The second kappa shape index (κ2) is 5.07. The minimum Gasteiger partial charge on any atom is -0.491 e. The molecule has 94 valence electrons. The molecular formula is C14H21NO2. The number of benzene rings is 1. The molecule has 1 aliphatic heterocycles. The fraction of sp³-hybridized carbons (Fsp3) is 0.571. The second-order valence-corrected chi connectivity index (χ2v) is 5.33. The molecule has 1 aliphatic rings. The monoisotopic (exact) mass is 235 g/mol. The predicted molar refractivity (Wildman–Crippen MR) is 68.5 cm³/mol. The van der Waals surface area contributed by atoms with Gasteiger partial charge < -0.3 is 14.8 Å². The van der Waals surface area contributed by atoms with E-state index in [2.05, 4.69) is 32.2 Å². The van der Waals surface area contributed by atoms with Crippen LogP contribution in [0.3, 0.4) is 0 Å². The Balaban J connectivity index is 1.80. The molecule has 0 bridgehead atoms. The molecule has 0 spiro atoms. The van der Waals surface area contributed by atoms with E-state index in [1.165, 1.54) is 5.56 Å². The van der Waals surface area contributed by atoms with Gasteiger partial charge in [-0.2, -0.15) is 0 Å². The number of ether oxygens (including phenoxy) is 2. The van der Waals surface area contributed by atoms with E-state index in [1.807, 2.05) is 18.2 Å². The summed E-state index contributed by atoms with van der Waals surface area (Å²) < 4.78 is 11.5. The quantitative estimate of drug-likeness (QED) is 0.870. The molecule has 1 N–H and O–H groups in total. The average Bonchev–Trinajstić information content (AvgIpc) is 2.28. The molecule has 1 aromatic carbocycles. The van der Waals surface area contributed by atoms with Gasteiger partial charge in [0.25, 0.3) is 0 Å². The van der Waals surface area contributed by atoms with Crippen molar-refractivity contribution in [2.45, 2.75) is 32.4 Å². The Hall–Kier alpha value is -1.06. The van der Waals surface area contributed by atoms with Gasteiger partial charge in [-0.15, -0.1) is 0 Å². The van der Waals surface area contributed by atoms with Crippen LogP contribution in [0.5, 0.6) is 5.75 Å². The molecule has 0 saturated carbocycles. The molecule has 1 heterocycles. The summed E-state index contributed by atoms with van der Waals surface area (Å²) in [5, 5.41) is 3.45. The van der Waals surface area contributed by atoms with Gasteiger partial charge in [-0.3, -0.25) is 0 Å². The molecule has 0 aromatic heterocycles. The molecule has 1 unspecified atom stereocenters. The first-order chi connectivity index (χ1) is 8.05. The molecule has 1 atom stereocenters. The van der Waals surface area contributed by atoms with Crippen molar-refractivity contribution in [3.05, 3.63) is 29.8 Å². The number of aryl methyl sites for hydroxylation is 1. The van der Waals surface area contributed by atoms with Crippen LogP contribution >= 0.6 is 0 Å². The van der Waals surface area contributed by atoms with Gasteiger partial charge in [0.2, 0.25) is 0 Å². The van der Waals surface area contributed by atoms with E-state index >= 15 is 0 Å². The number of morpholine rings is 1. The van der Waals surface area contributed by atoms with Crippen molar-refractivity contribution in [3.8, 4) is 5.75 Å². The molecule has 3 heteroatoms. The topological polar surface area (TPSA) is 30.5 Å². The Kier molecular flexibility index (Phi) is 3.69. The van der Waals surface area contributed by atoms with Crippen LogP contribution in [0.1, 0.15) is 19.4 Å². The molecule has 1 fully saturated rings. The summed E-state index contributed by atoms with van der Waals surface area (Å²) in [4.78, 5) is 0. The van der Waals surface area contributed by atoms with Crippen molar-refractivity contribution < 1.29 is 9.47 Å². The van der Waals surface area contributed by atoms with Crippen molar-refractivity contribution in [3.63, 3.8) is 0 Å². The molecule has 1 saturated heterocycles. The van der Waals surface area contributed by atoms with Gasteiger partial charge in [0.15, 0.2) is 0 Å². The Morgan fingerprint density at radius 2 is 2.29 bits per heavy atom. The van der Waals surface area contributed by atoms with E-state index in [0.29, 0.717) is 6.61 Å². The maximum absolute atomic E-state index is 5.76. The lowest BCUT2D eigenvalue weighted by atomic mass is 10.1. The summed E-state index contributed by atoms with van der Waals surface area (Å²) in [6, 6.07) is 8.09. The van der Waals surface area contributed by atoms with Gasteiger partial charge in [-0.05, 0) is 38.5 Å². The second-order valence-electron chi connectivity index (χ2n) is 5.33. The molecule has 2 rings (SSSR count). The maximum Gasteiger partial charge on any atom is 0.119 e. The molecule has 0 aliphatic carbocycles. The smallest absolute Gasteiger partial charge is 0.119 e. The summed E-state index contributed by atoms with van der Waals surface area (Å²) in [5.74, 6) is 0.915. The zero-order valence-electron chi connectivity index (χ0n) is 10.8. The highest BCUT2D eigenvalue weighted by atomic mass is 16.5. The standard InChI is InChI=1S/C14H21NO2/c1-11-5-4-6-12(7-11)16-9-13-8-15-14(2,3)10-17-13/h4-7,13,15H,8-10H2,1-3H3. The van der Waals surface area contributed by atoms with E-state index in [-0.39, 0.29) is 11.6 Å². The predicted octanol–water partition coefficient (Wildman–Crippen LogP) is 2.14. The van der Waals surface area contributed by atoms with E-state index in [4.69, 9.17) is 9.47 Å². The molecular weight excluding hydrogens is 214 g/mol. The summed E-state index contributed by atoms with van der Waals surface area (Å²) in [6.45, 7) is 8.53. The highest BCUT2D eigenvalue weighted by molar-refractivity contribution is 5.27. The fourth-order valence-corrected chi connectivity index (χ4v) is 1.83. The highest BCUT2D eigenvalue weighted by Crippen LogP contribution is 2.15. The zero-order chi connectivity index (χ0) is 12.3. The first kappa shape index (κ1) is 12.4.